The SMILES string of the molecule is O=C1C2CCCCN2C(=O)CN1c1cccc(I)c1. The van der Waals surface area contributed by atoms with Crippen molar-refractivity contribution < 1.29 is 9.59 Å². The van der Waals surface area contributed by atoms with Gasteiger partial charge in [0.05, 0.1) is 0 Å². The highest BCUT2D eigenvalue weighted by atomic mass is 127. The van der Waals surface area contributed by atoms with Crippen LogP contribution >= 0.6 is 22.6 Å². The molecule has 0 saturated carbocycles. The van der Waals surface area contributed by atoms with Crippen molar-refractivity contribution in [1.29, 1.82) is 0 Å². The van der Waals surface area contributed by atoms with E-state index in [2.05, 4.69) is 22.6 Å². The van der Waals surface area contributed by atoms with Crippen molar-refractivity contribution in [3.05, 3.63) is 27.8 Å². The summed E-state index contributed by atoms with van der Waals surface area (Å²) in [5, 5.41) is 0. The number of carbonyl (C=O) groups is 2. The molecule has 0 aliphatic carbocycles. The zero-order chi connectivity index (χ0) is 13.4. The van der Waals surface area contributed by atoms with Crippen LogP contribution in [0, 0.1) is 3.57 Å². The summed E-state index contributed by atoms with van der Waals surface area (Å²) < 4.78 is 1.07. The molecule has 100 valence electrons. The summed E-state index contributed by atoms with van der Waals surface area (Å²) in [7, 11) is 0. The number of piperidine rings is 1. The van der Waals surface area contributed by atoms with Gasteiger partial charge in [0.25, 0.3) is 0 Å². The summed E-state index contributed by atoms with van der Waals surface area (Å²) in [4.78, 5) is 28.1. The molecule has 4 nitrogen and oxygen atoms in total. The van der Waals surface area contributed by atoms with Crippen molar-refractivity contribution in [2.45, 2.75) is 25.3 Å². The van der Waals surface area contributed by atoms with E-state index >= 15 is 0 Å². The van der Waals surface area contributed by atoms with Gasteiger partial charge in [0.15, 0.2) is 0 Å². The summed E-state index contributed by atoms with van der Waals surface area (Å²) in [5.74, 6) is 0.143. The minimum atomic E-state index is -0.243. The van der Waals surface area contributed by atoms with Gasteiger partial charge in [-0.2, -0.15) is 0 Å². The molecule has 3 rings (SSSR count). The van der Waals surface area contributed by atoms with E-state index in [1.54, 1.807) is 9.80 Å². The van der Waals surface area contributed by atoms with Crippen LogP contribution in [0.3, 0.4) is 0 Å². The first-order chi connectivity index (χ1) is 9.16. The van der Waals surface area contributed by atoms with E-state index in [0.717, 1.165) is 35.1 Å². The molecule has 2 fully saturated rings. The third-order valence-corrected chi connectivity index (χ3v) is 4.46. The number of piperazine rings is 1. The molecule has 19 heavy (non-hydrogen) atoms. The number of hydrogen-bond acceptors (Lipinski definition) is 2. The van der Waals surface area contributed by atoms with Crippen molar-refractivity contribution in [1.82, 2.24) is 4.90 Å². The highest BCUT2D eigenvalue weighted by molar-refractivity contribution is 14.1. The lowest BCUT2D eigenvalue weighted by Crippen LogP contribution is -2.61. The van der Waals surface area contributed by atoms with E-state index in [1.165, 1.54) is 0 Å². The molecule has 2 saturated heterocycles. The van der Waals surface area contributed by atoms with Crippen LogP contribution in [0.25, 0.3) is 0 Å². The van der Waals surface area contributed by atoms with Crippen LogP contribution in [-0.2, 0) is 9.59 Å². The van der Waals surface area contributed by atoms with Crippen molar-refractivity contribution in [2.75, 3.05) is 18.0 Å². The molecule has 1 unspecified atom stereocenters. The minimum absolute atomic E-state index is 0.0706. The summed E-state index contributed by atoms with van der Waals surface area (Å²) in [6.07, 6.45) is 2.84. The number of carbonyl (C=O) groups excluding carboxylic acids is 2. The van der Waals surface area contributed by atoms with E-state index in [-0.39, 0.29) is 24.4 Å². The molecule has 2 heterocycles. The lowest BCUT2D eigenvalue weighted by atomic mass is 9.98. The molecule has 5 heteroatoms. The van der Waals surface area contributed by atoms with Crippen LogP contribution < -0.4 is 4.90 Å². The summed E-state index contributed by atoms with van der Waals surface area (Å²) in [6, 6.07) is 7.50. The predicted octanol–water partition coefficient (Wildman–Crippen LogP) is 2.02. The molecular weight excluding hydrogens is 355 g/mol. The van der Waals surface area contributed by atoms with E-state index in [9.17, 15) is 9.59 Å². The third kappa shape index (κ3) is 2.35. The molecule has 1 aromatic carbocycles. The van der Waals surface area contributed by atoms with Crippen LogP contribution in [0.2, 0.25) is 0 Å². The fourth-order valence-electron chi connectivity index (χ4n) is 2.83. The van der Waals surface area contributed by atoms with Gasteiger partial charge < -0.3 is 9.80 Å². The molecule has 0 spiro atoms. The second kappa shape index (κ2) is 5.11. The Labute approximate surface area is 125 Å². The maximum Gasteiger partial charge on any atom is 0.250 e. The van der Waals surface area contributed by atoms with Gasteiger partial charge in [0.1, 0.15) is 12.6 Å². The molecule has 1 atom stereocenters. The zero-order valence-corrected chi connectivity index (χ0v) is 12.7. The van der Waals surface area contributed by atoms with Crippen LogP contribution in [-0.4, -0.2) is 35.8 Å². The number of benzene rings is 1. The Morgan fingerprint density at radius 3 is 2.84 bits per heavy atom. The largest absolute Gasteiger partial charge is 0.329 e. The number of halogens is 1. The van der Waals surface area contributed by atoms with Crippen LogP contribution in [0.1, 0.15) is 19.3 Å². The first kappa shape index (κ1) is 12.9. The number of nitrogens with zero attached hydrogens (tertiary/aromatic N) is 2. The molecule has 0 bridgehead atoms. The normalized spacial score (nSPS) is 23.5. The molecule has 2 aliphatic rings. The van der Waals surface area contributed by atoms with Gasteiger partial charge in [-0.3, -0.25) is 9.59 Å². The van der Waals surface area contributed by atoms with Gasteiger partial charge in [-0.25, -0.2) is 0 Å². The Kier molecular flexibility index (Phi) is 3.47. The van der Waals surface area contributed by atoms with Crippen molar-refractivity contribution in [3.8, 4) is 0 Å². The topological polar surface area (TPSA) is 40.6 Å². The van der Waals surface area contributed by atoms with E-state index in [1.807, 2.05) is 24.3 Å². The fraction of sp³-hybridized carbons (Fsp3) is 0.429. The number of fused-ring (bicyclic) bond motifs is 1. The molecular formula is C14H15IN2O2. The predicted molar refractivity (Wildman–Crippen MR) is 80.9 cm³/mol. The standard InChI is InChI=1S/C14H15IN2O2/c15-10-4-3-5-11(8-10)17-9-13(18)16-7-2-1-6-12(16)14(17)19/h3-5,8,12H,1-2,6-7,9H2. The molecule has 0 N–H and O–H groups in total. The van der Waals surface area contributed by atoms with Crippen molar-refractivity contribution in [3.63, 3.8) is 0 Å². The lowest BCUT2D eigenvalue weighted by molar-refractivity contribution is -0.144. The van der Waals surface area contributed by atoms with Gasteiger partial charge in [-0.1, -0.05) is 6.07 Å². The smallest absolute Gasteiger partial charge is 0.250 e. The molecule has 0 radical (unpaired) electrons. The average molecular weight is 370 g/mol. The Morgan fingerprint density at radius 1 is 1.21 bits per heavy atom. The van der Waals surface area contributed by atoms with Crippen LogP contribution in [0.5, 0.6) is 0 Å². The van der Waals surface area contributed by atoms with E-state index in [0.29, 0.717) is 0 Å². The molecule has 1 aromatic rings. The maximum absolute atomic E-state index is 12.5. The van der Waals surface area contributed by atoms with E-state index < -0.39 is 0 Å². The second-order valence-corrected chi connectivity index (χ2v) is 6.25. The highest BCUT2D eigenvalue weighted by Gasteiger charge is 2.40. The Balaban J connectivity index is 1.91. The number of hydrogen-bond donors (Lipinski definition) is 0. The number of anilines is 1. The number of amides is 2. The first-order valence-electron chi connectivity index (χ1n) is 6.53. The first-order valence-corrected chi connectivity index (χ1v) is 7.61. The van der Waals surface area contributed by atoms with Crippen molar-refractivity contribution >= 4 is 40.1 Å². The Morgan fingerprint density at radius 2 is 2.05 bits per heavy atom. The minimum Gasteiger partial charge on any atom is -0.329 e. The maximum atomic E-state index is 12.5. The second-order valence-electron chi connectivity index (χ2n) is 5.00. The zero-order valence-electron chi connectivity index (χ0n) is 10.5. The molecule has 2 aliphatic heterocycles. The van der Waals surface area contributed by atoms with Gasteiger partial charge in [-0.05, 0) is 60.1 Å². The Hall–Kier alpha value is -1.11. The van der Waals surface area contributed by atoms with Crippen molar-refractivity contribution in [2.24, 2.45) is 0 Å². The molecule has 2 amide bonds. The fourth-order valence-corrected chi connectivity index (χ4v) is 3.36. The van der Waals surface area contributed by atoms with Crippen LogP contribution in [0.4, 0.5) is 5.69 Å². The molecule has 0 aromatic heterocycles. The summed E-state index contributed by atoms with van der Waals surface area (Å²) in [5.41, 5.74) is 0.829. The monoisotopic (exact) mass is 370 g/mol. The summed E-state index contributed by atoms with van der Waals surface area (Å²) >= 11 is 2.22. The number of rotatable bonds is 1. The quantitative estimate of drug-likeness (QED) is 0.710. The highest BCUT2D eigenvalue weighted by Crippen LogP contribution is 2.27. The Bertz CT molecular complexity index is 532. The third-order valence-electron chi connectivity index (χ3n) is 3.79. The van der Waals surface area contributed by atoms with Gasteiger partial charge >= 0.3 is 0 Å². The van der Waals surface area contributed by atoms with Gasteiger partial charge in [0.2, 0.25) is 11.8 Å². The summed E-state index contributed by atoms with van der Waals surface area (Å²) in [6.45, 7) is 0.908. The lowest BCUT2D eigenvalue weighted by Gasteiger charge is -2.42. The van der Waals surface area contributed by atoms with Gasteiger partial charge in [-0.15, -0.1) is 0 Å². The van der Waals surface area contributed by atoms with E-state index in [4.69, 9.17) is 0 Å². The van der Waals surface area contributed by atoms with Crippen LogP contribution in [0.15, 0.2) is 24.3 Å². The average Bonchev–Trinajstić information content (AvgIpc) is 2.43. The van der Waals surface area contributed by atoms with Gasteiger partial charge in [0, 0.05) is 15.8 Å².